The van der Waals surface area contributed by atoms with Gasteiger partial charge < -0.3 is 10.2 Å². The highest BCUT2D eigenvalue weighted by Gasteiger charge is 2.19. The van der Waals surface area contributed by atoms with Crippen LogP contribution in [0, 0.1) is 12.7 Å². The highest BCUT2D eigenvalue weighted by Crippen LogP contribution is 2.21. The fourth-order valence-electron chi connectivity index (χ4n) is 2.93. The first-order chi connectivity index (χ1) is 12.4. The summed E-state index contributed by atoms with van der Waals surface area (Å²) in [6.45, 7) is 6.20. The monoisotopic (exact) mass is 411 g/mol. The lowest BCUT2D eigenvalue weighted by Crippen LogP contribution is -2.49. The first-order valence-corrected chi connectivity index (χ1v) is 9.57. The number of halogens is 3. The van der Waals surface area contributed by atoms with Gasteiger partial charge in [0.25, 0.3) is 0 Å². The molecule has 0 radical (unpaired) electrons. The number of aryl methyl sites for hydroxylation is 1. The minimum absolute atomic E-state index is 0.170. The molecule has 0 aromatic heterocycles. The molecule has 1 aliphatic heterocycles. The highest BCUT2D eigenvalue weighted by atomic mass is 35.5. The van der Waals surface area contributed by atoms with Gasteiger partial charge in [0.15, 0.2) is 5.11 Å². The van der Waals surface area contributed by atoms with E-state index in [1.807, 2.05) is 25.1 Å². The number of benzene rings is 2. The van der Waals surface area contributed by atoms with Crippen LogP contribution in [0.2, 0.25) is 10.0 Å². The molecule has 1 fully saturated rings. The van der Waals surface area contributed by atoms with E-state index in [0.717, 1.165) is 49.5 Å². The van der Waals surface area contributed by atoms with E-state index < -0.39 is 0 Å². The largest absolute Gasteiger partial charge is 0.346 e. The second-order valence-corrected chi connectivity index (χ2v) is 7.63. The van der Waals surface area contributed by atoms with E-state index in [9.17, 15) is 4.39 Å². The van der Waals surface area contributed by atoms with E-state index in [1.165, 1.54) is 6.07 Å². The van der Waals surface area contributed by atoms with Crippen LogP contribution in [-0.2, 0) is 6.54 Å². The van der Waals surface area contributed by atoms with Crippen molar-refractivity contribution in [2.75, 3.05) is 31.5 Å². The molecule has 26 heavy (non-hydrogen) atoms. The minimum atomic E-state index is -0.382. The van der Waals surface area contributed by atoms with Crippen LogP contribution in [0.3, 0.4) is 0 Å². The third-order valence-electron chi connectivity index (χ3n) is 4.49. The maximum Gasteiger partial charge on any atom is 0.173 e. The van der Waals surface area contributed by atoms with Gasteiger partial charge in [-0.2, -0.15) is 0 Å². The van der Waals surface area contributed by atoms with Gasteiger partial charge in [0.2, 0.25) is 0 Å². The molecule has 0 aliphatic carbocycles. The van der Waals surface area contributed by atoms with E-state index in [-0.39, 0.29) is 10.8 Å². The summed E-state index contributed by atoms with van der Waals surface area (Å²) in [5.41, 5.74) is 3.05. The Bertz CT molecular complexity index is 807. The van der Waals surface area contributed by atoms with Gasteiger partial charge in [0.05, 0.1) is 5.02 Å². The third kappa shape index (κ3) is 4.86. The summed E-state index contributed by atoms with van der Waals surface area (Å²) in [7, 11) is 0. The molecule has 3 rings (SSSR count). The standard InChI is InChI=1S/C19H20Cl2FN3S/c1-13-2-4-15(20)11-18(13)23-19(26)25-8-6-24(7-9-25)12-14-3-5-17(22)16(21)10-14/h2-5,10-11H,6-9,12H2,1H3,(H,23,26). The molecule has 1 heterocycles. The molecule has 2 aromatic carbocycles. The summed E-state index contributed by atoms with van der Waals surface area (Å²) >= 11 is 17.5. The van der Waals surface area contributed by atoms with Crippen LogP contribution in [0.5, 0.6) is 0 Å². The quantitative estimate of drug-likeness (QED) is 0.719. The topological polar surface area (TPSA) is 18.5 Å². The number of hydrogen-bond donors (Lipinski definition) is 1. The smallest absolute Gasteiger partial charge is 0.173 e. The predicted octanol–water partition coefficient (Wildman–Crippen LogP) is 4.96. The second kappa shape index (κ2) is 8.53. The van der Waals surface area contributed by atoms with E-state index >= 15 is 0 Å². The molecule has 7 heteroatoms. The minimum Gasteiger partial charge on any atom is -0.346 e. The average Bonchev–Trinajstić information content (AvgIpc) is 2.62. The zero-order chi connectivity index (χ0) is 18.7. The zero-order valence-electron chi connectivity index (χ0n) is 14.4. The SMILES string of the molecule is Cc1ccc(Cl)cc1NC(=S)N1CCN(Cc2ccc(F)c(Cl)c2)CC1. The van der Waals surface area contributed by atoms with Crippen molar-refractivity contribution < 1.29 is 4.39 Å². The number of nitrogens with one attached hydrogen (secondary N) is 1. The van der Waals surface area contributed by atoms with Crippen molar-refractivity contribution in [3.05, 3.63) is 63.4 Å². The summed E-state index contributed by atoms with van der Waals surface area (Å²) in [6.07, 6.45) is 0. The van der Waals surface area contributed by atoms with E-state index in [2.05, 4.69) is 15.1 Å². The molecule has 1 N–H and O–H groups in total. The number of thiocarbonyl (C=S) groups is 1. The summed E-state index contributed by atoms with van der Waals surface area (Å²) in [5.74, 6) is -0.382. The molecular formula is C19H20Cl2FN3S. The Labute approximate surface area is 168 Å². The first-order valence-electron chi connectivity index (χ1n) is 8.41. The molecule has 0 atom stereocenters. The first kappa shape index (κ1) is 19.4. The van der Waals surface area contributed by atoms with Crippen LogP contribution >= 0.6 is 35.4 Å². The number of nitrogens with zero attached hydrogens (tertiary/aromatic N) is 2. The lowest BCUT2D eigenvalue weighted by Gasteiger charge is -2.36. The van der Waals surface area contributed by atoms with Gasteiger partial charge in [0, 0.05) is 43.4 Å². The molecular weight excluding hydrogens is 392 g/mol. The predicted molar refractivity (Wildman–Crippen MR) is 111 cm³/mol. The lowest BCUT2D eigenvalue weighted by molar-refractivity contribution is 0.177. The van der Waals surface area contributed by atoms with E-state index in [0.29, 0.717) is 10.1 Å². The summed E-state index contributed by atoms with van der Waals surface area (Å²) in [6, 6.07) is 10.6. The highest BCUT2D eigenvalue weighted by molar-refractivity contribution is 7.80. The number of rotatable bonds is 3. The number of hydrogen-bond acceptors (Lipinski definition) is 2. The number of piperazine rings is 1. The van der Waals surface area contributed by atoms with Crippen LogP contribution in [0.25, 0.3) is 0 Å². The van der Waals surface area contributed by atoms with E-state index in [1.54, 1.807) is 12.1 Å². The van der Waals surface area contributed by atoms with Crippen LogP contribution in [0.1, 0.15) is 11.1 Å². The molecule has 0 spiro atoms. The fourth-order valence-corrected chi connectivity index (χ4v) is 3.60. The van der Waals surface area contributed by atoms with Crippen LogP contribution < -0.4 is 5.32 Å². The fraction of sp³-hybridized carbons (Fsp3) is 0.316. The van der Waals surface area contributed by atoms with Gasteiger partial charge in [0.1, 0.15) is 5.82 Å². The lowest BCUT2D eigenvalue weighted by atomic mass is 10.2. The molecule has 0 unspecified atom stereocenters. The normalized spacial score (nSPS) is 15.2. The van der Waals surface area contributed by atoms with Crippen molar-refractivity contribution in [2.24, 2.45) is 0 Å². The van der Waals surface area contributed by atoms with Crippen LogP contribution in [0.4, 0.5) is 10.1 Å². The summed E-state index contributed by atoms with van der Waals surface area (Å²) in [5, 5.41) is 4.86. The molecule has 0 bridgehead atoms. The van der Waals surface area contributed by atoms with Crippen molar-refractivity contribution in [3.8, 4) is 0 Å². The Balaban J connectivity index is 1.53. The van der Waals surface area contributed by atoms with Crippen molar-refractivity contribution in [2.45, 2.75) is 13.5 Å². The number of anilines is 1. The van der Waals surface area contributed by atoms with Crippen LogP contribution in [-0.4, -0.2) is 41.1 Å². The van der Waals surface area contributed by atoms with E-state index in [4.69, 9.17) is 35.4 Å². The Morgan fingerprint density at radius 3 is 2.54 bits per heavy atom. The summed E-state index contributed by atoms with van der Waals surface area (Å²) in [4.78, 5) is 4.47. The molecule has 0 amide bonds. The molecule has 0 saturated carbocycles. The summed E-state index contributed by atoms with van der Waals surface area (Å²) < 4.78 is 13.3. The van der Waals surface area contributed by atoms with Crippen molar-refractivity contribution in [1.82, 2.24) is 9.80 Å². The Kier molecular flexibility index (Phi) is 6.35. The van der Waals surface area contributed by atoms with Gasteiger partial charge in [-0.25, -0.2) is 4.39 Å². The second-order valence-electron chi connectivity index (χ2n) is 6.40. The van der Waals surface area contributed by atoms with Gasteiger partial charge in [-0.1, -0.05) is 35.3 Å². The van der Waals surface area contributed by atoms with Gasteiger partial charge in [-0.15, -0.1) is 0 Å². The van der Waals surface area contributed by atoms with Gasteiger partial charge in [-0.05, 0) is 54.5 Å². The van der Waals surface area contributed by atoms with Gasteiger partial charge >= 0.3 is 0 Å². The molecule has 1 aliphatic rings. The zero-order valence-corrected chi connectivity index (χ0v) is 16.8. The molecule has 2 aromatic rings. The maximum atomic E-state index is 13.3. The van der Waals surface area contributed by atoms with Crippen LogP contribution in [0.15, 0.2) is 36.4 Å². The van der Waals surface area contributed by atoms with Gasteiger partial charge in [-0.3, -0.25) is 4.90 Å². The Morgan fingerprint density at radius 1 is 1.12 bits per heavy atom. The molecule has 1 saturated heterocycles. The molecule has 3 nitrogen and oxygen atoms in total. The Morgan fingerprint density at radius 2 is 1.85 bits per heavy atom. The van der Waals surface area contributed by atoms with Crippen molar-refractivity contribution in [1.29, 1.82) is 0 Å². The van der Waals surface area contributed by atoms with Crippen molar-refractivity contribution in [3.63, 3.8) is 0 Å². The average molecular weight is 412 g/mol. The van der Waals surface area contributed by atoms with Crippen molar-refractivity contribution >= 4 is 46.2 Å². The maximum absolute atomic E-state index is 13.3. The Hall–Kier alpha value is -1.40. The molecule has 138 valence electrons. The third-order valence-corrected chi connectivity index (χ3v) is 5.38.